The van der Waals surface area contributed by atoms with E-state index in [1.165, 1.54) is 11.3 Å². The van der Waals surface area contributed by atoms with Crippen LogP contribution in [-0.4, -0.2) is 10.2 Å². The van der Waals surface area contributed by atoms with Crippen molar-refractivity contribution in [2.24, 2.45) is 0 Å². The van der Waals surface area contributed by atoms with Crippen molar-refractivity contribution in [3.8, 4) is 12.1 Å². The van der Waals surface area contributed by atoms with E-state index in [2.05, 4.69) is 10.2 Å². The fourth-order valence-corrected chi connectivity index (χ4v) is 2.00. The minimum Gasteiger partial charge on any atom is -0.381 e. The zero-order valence-corrected chi connectivity index (χ0v) is 9.45. The first-order valence-electron chi connectivity index (χ1n) is 4.66. The molecule has 0 saturated carbocycles. The second-order valence-corrected chi connectivity index (χ2v) is 4.14. The largest absolute Gasteiger partial charge is 0.381 e. The molecule has 2 aromatic heterocycles. The number of nitrogen functional groups attached to an aromatic ring is 1. The lowest BCUT2D eigenvalue weighted by Gasteiger charge is -1.94. The fraction of sp³-hybridized carbons (Fsp3) is 0. The summed E-state index contributed by atoms with van der Waals surface area (Å²) in [6.07, 6.45) is 1.69. The Morgan fingerprint density at radius 2 is 2.35 bits per heavy atom. The third-order valence-electron chi connectivity index (χ3n) is 2.13. The summed E-state index contributed by atoms with van der Waals surface area (Å²) in [5, 5.41) is 26.3. The molecular weight excluding hydrogens is 234 g/mol. The van der Waals surface area contributed by atoms with E-state index in [1.807, 2.05) is 29.7 Å². The molecule has 82 valence electrons. The number of nitrogens with one attached hydrogen (secondary N) is 1. The van der Waals surface area contributed by atoms with Crippen LogP contribution >= 0.6 is 11.3 Å². The summed E-state index contributed by atoms with van der Waals surface area (Å²) in [6.45, 7) is 0. The van der Waals surface area contributed by atoms with Gasteiger partial charge in [0, 0.05) is 4.88 Å². The van der Waals surface area contributed by atoms with E-state index in [0.717, 1.165) is 4.88 Å². The van der Waals surface area contributed by atoms with Crippen LogP contribution in [0.2, 0.25) is 0 Å². The number of anilines is 1. The predicted molar refractivity (Wildman–Crippen MR) is 65.5 cm³/mol. The quantitative estimate of drug-likeness (QED) is 0.785. The third-order valence-corrected chi connectivity index (χ3v) is 2.94. The Hall–Kier alpha value is -2.57. The monoisotopic (exact) mass is 241 g/mol. The van der Waals surface area contributed by atoms with Gasteiger partial charge < -0.3 is 5.73 Å². The summed E-state index contributed by atoms with van der Waals surface area (Å²) >= 11 is 1.51. The van der Waals surface area contributed by atoms with Crippen LogP contribution in [0.15, 0.2) is 17.5 Å². The Kier molecular flexibility index (Phi) is 2.91. The van der Waals surface area contributed by atoms with Crippen molar-refractivity contribution in [3.63, 3.8) is 0 Å². The van der Waals surface area contributed by atoms with Gasteiger partial charge in [0.25, 0.3) is 0 Å². The van der Waals surface area contributed by atoms with Gasteiger partial charge in [-0.15, -0.1) is 11.3 Å². The number of rotatable bonds is 2. The van der Waals surface area contributed by atoms with Crippen LogP contribution in [0.1, 0.15) is 16.1 Å². The van der Waals surface area contributed by atoms with Gasteiger partial charge in [-0.3, -0.25) is 5.10 Å². The second-order valence-electron chi connectivity index (χ2n) is 3.16. The molecule has 0 unspecified atom stereocenters. The van der Waals surface area contributed by atoms with Crippen molar-refractivity contribution >= 4 is 28.8 Å². The van der Waals surface area contributed by atoms with Gasteiger partial charge in [-0.05, 0) is 17.5 Å². The first-order chi connectivity index (χ1) is 8.26. The molecule has 0 aromatic carbocycles. The van der Waals surface area contributed by atoms with E-state index in [4.69, 9.17) is 16.3 Å². The summed E-state index contributed by atoms with van der Waals surface area (Å²) in [6, 6.07) is 7.74. The SMILES string of the molecule is N#CC(=Cc1cccs1)c1[nH]nc(N)c1C#N. The highest BCUT2D eigenvalue weighted by Crippen LogP contribution is 2.23. The summed E-state index contributed by atoms with van der Waals surface area (Å²) in [5.41, 5.74) is 6.42. The van der Waals surface area contributed by atoms with Crippen molar-refractivity contribution in [2.45, 2.75) is 0 Å². The van der Waals surface area contributed by atoms with Crippen molar-refractivity contribution in [1.82, 2.24) is 10.2 Å². The van der Waals surface area contributed by atoms with Gasteiger partial charge >= 0.3 is 0 Å². The van der Waals surface area contributed by atoms with Crippen molar-refractivity contribution in [1.29, 1.82) is 10.5 Å². The molecule has 0 amide bonds. The van der Waals surface area contributed by atoms with Crippen LogP contribution in [0.25, 0.3) is 11.6 Å². The first kappa shape index (κ1) is 10.9. The Balaban J connectivity index is 2.51. The number of allylic oxidation sites excluding steroid dienone is 1. The van der Waals surface area contributed by atoms with Crippen LogP contribution < -0.4 is 5.73 Å². The van der Waals surface area contributed by atoms with Crippen LogP contribution in [0.5, 0.6) is 0 Å². The molecule has 0 fully saturated rings. The van der Waals surface area contributed by atoms with Crippen molar-refractivity contribution < 1.29 is 0 Å². The van der Waals surface area contributed by atoms with Gasteiger partial charge in [0.15, 0.2) is 5.82 Å². The lowest BCUT2D eigenvalue weighted by molar-refractivity contribution is 1.08. The Morgan fingerprint density at radius 1 is 1.53 bits per heavy atom. The number of aromatic nitrogens is 2. The Morgan fingerprint density at radius 3 is 2.94 bits per heavy atom. The number of hydrogen-bond acceptors (Lipinski definition) is 5. The van der Waals surface area contributed by atoms with Gasteiger partial charge in [0.1, 0.15) is 17.7 Å². The molecule has 17 heavy (non-hydrogen) atoms. The molecule has 0 atom stereocenters. The maximum Gasteiger partial charge on any atom is 0.163 e. The molecule has 0 bridgehead atoms. The van der Waals surface area contributed by atoms with Crippen LogP contribution in [0.4, 0.5) is 5.82 Å². The molecule has 6 heteroatoms. The van der Waals surface area contributed by atoms with Crippen molar-refractivity contribution in [3.05, 3.63) is 33.6 Å². The van der Waals surface area contributed by atoms with Crippen LogP contribution in [0.3, 0.4) is 0 Å². The second kappa shape index (κ2) is 4.52. The third kappa shape index (κ3) is 2.03. The number of nitriles is 2. The van der Waals surface area contributed by atoms with Gasteiger partial charge in [-0.2, -0.15) is 15.6 Å². The smallest absolute Gasteiger partial charge is 0.163 e. The van der Waals surface area contributed by atoms with Gasteiger partial charge in [-0.25, -0.2) is 0 Å². The average Bonchev–Trinajstić information content (AvgIpc) is 2.95. The highest BCUT2D eigenvalue weighted by atomic mass is 32.1. The minimum atomic E-state index is 0.106. The normalized spacial score (nSPS) is 10.8. The van der Waals surface area contributed by atoms with Crippen molar-refractivity contribution in [2.75, 3.05) is 5.73 Å². The average molecular weight is 241 g/mol. The molecule has 0 aliphatic carbocycles. The van der Waals surface area contributed by atoms with E-state index in [1.54, 1.807) is 6.08 Å². The summed E-state index contributed by atoms with van der Waals surface area (Å²) in [7, 11) is 0. The molecular formula is C11H7N5S. The number of nitrogens with two attached hydrogens (primary N) is 1. The molecule has 2 aromatic rings. The maximum absolute atomic E-state index is 9.10. The number of thiophene rings is 1. The highest BCUT2D eigenvalue weighted by molar-refractivity contribution is 7.10. The predicted octanol–water partition coefficient (Wildman–Crippen LogP) is 1.99. The lowest BCUT2D eigenvalue weighted by Crippen LogP contribution is -1.89. The van der Waals surface area contributed by atoms with E-state index in [0.29, 0.717) is 11.3 Å². The van der Waals surface area contributed by atoms with E-state index < -0.39 is 0 Å². The van der Waals surface area contributed by atoms with Crippen LogP contribution in [-0.2, 0) is 0 Å². The number of aromatic amines is 1. The zero-order valence-electron chi connectivity index (χ0n) is 8.64. The molecule has 0 aliphatic rings. The molecule has 0 aliphatic heterocycles. The first-order valence-corrected chi connectivity index (χ1v) is 5.54. The molecule has 0 saturated heterocycles. The summed E-state index contributed by atoms with van der Waals surface area (Å²) in [4.78, 5) is 0.929. The topological polar surface area (TPSA) is 102 Å². The van der Waals surface area contributed by atoms with Crippen LogP contribution in [0, 0.1) is 22.7 Å². The van der Waals surface area contributed by atoms with Gasteiger partial charge in [-0.1, -0.05) is 6.07 Å². The van der Waals surface area contributed by atoms with Gasteiger partial charge in [0.05, 0.1) is 11.3 Å². The Labute approximate surface area is 101 Å². The number of hydrogen-bond donors (Lipinski definition) is 2. The summed E-state index contributed by atoms with van der Waals surface area (Å²) in [5.74, 6) is 0.106. The standard InChI is InChI=1S/C11H7N5S/c12-5-7(4-8-2-1-3-17-8)10-9(6-13)11(14)16-15-10/h1-4H,(H3,14,15,16). The van der Waals surface area contributed by atoms with Gasteiger partial charge in [0.2, 0.25) is 0 Å². The fourth-order valence-electron chi connectivity index (χ4n) is 1.34. The van der Waals surface area contributed by atoms with E-state index >= 15 is 0 Å². The van der Waals surface area contributed by atoms with E-state index in [-0.39, 0.29) is 11.4 Å². The molecule has 2 rings (SSSR count). The summed E-state index contributed by atoms with van der Waals surface area (Å²) < 4.78 is 0. The molecule has 0 radical (unpaired) electrons. The lowest BCUT2D eigenvalue weighted by atomic mass is 10.1. The highest BCUT2D eigenvalue weighted by Gasteiger charge is 2.14. The molecule has 2 heterocycles. The number of nitrogens with zero attached hydrogens (tertiary/aromatic N) is 3. The molecule has 5 nitrogen and oxygen atoms in total. The Bertz CT molecular complexity index is 636. The maximum atomic E-state index is 9.10. The number of H-pyrrole nitrogens is 1. The minimum absolute atomic E-state index is 0.106. The molecule has 0 spiro atoms. The van der Waals surface area contributed by atoms with E-state index in [9.17, 15) is 0 Å². The zero-order chi connectivity index (χ0) is 12.3. The molecule has 3 N–H and O–H groups in total.